The van der Waals surface area contributed by atoms with Gasteiger partial charge in [-0.2, -0.15) is 0 Å². The number of aryl methyl sites for hydroxylation is 2. The van der Waals surface area contributed by atoms with Crippen molar-refractivity contribution in [3.05, 3.63) is 112 Å². The molecule has 0 aliphatic carbocycles. The molecule has 160 valence electrons. The van der Waals surface area contributed by atoms with E-state index in [0.29, 0.717) is 16.3 Å². The summed E-state index contributed by atoms with van der Waals surface area (Å²) in [5.41, 5.74) is 8.87. The number of rotatable bonds is 3. The SMILES string of the molecule is Cc1cc2nc3c4cccn4c(C(=O)c4ccccc4)c(-c4ccc(Cl)cc4)n3c2cc1C. The van der Waals surface area contributed by atoms with E-state index >= 15 is 0 Å². The van der Waals surface area contributed by atoms with Gasteiger partial charge < -0.3 is 4.40 Å². The number of imidazole rings is 1. The Balaban J connectivity index is 1.85. The summed E-state index contributed by atoms with van der Waals surface area (Å²) in [6.07, 6.45) is 1.93. The highest BCUT2D eigenvalue weighted by molar-refractivity contribution is 6.30. The first-order valence-electron chi connectivity index (χ1n) is 10.8. The first-order chi connectivity index (χ1) is 16.0. The van der Waals surface area contributed by atoms with E-state index in [9.17, 15) is 4.79 Å². The fourth-order valence-electron chi connectivity index (χ4n) is 4.53. The van der Waals surface area contributed by atoms with Gasteiger partial charge in [0.25, 0.3) is 0 Å². The number of benzene rings is 3. The van der Waals surface area contributed by atoms with Crippen LogP contribution >= 0.6 is 11.6 Å². The van der Waals surface area contributed by atoms with Gasteiger partial charge in [-0.15, -0.1) is 0 Å². The zero-order chi connectivity index (χ0) is 22.7. The first-order valence-corrected chi connectivity index (χ1v) is 11.2. The minimum atomic E-state index is -0.0469. The molecule has 0 bridgehead atoms. The number of halogens is 1. The molecular weight excluding hydrogens is 430 g/mol. The molecule has 0 unspecified atom stereocenters. The van der Waals surface area contributed by atoms with Gasteiger partial charge in [0.15, 0.2) is 5.65 Å². The average Bonchev–Trinajstić information content (AvgIpc) is 3.44. The second kappa shape index (κ2) is 7.32. The van der Waals surface area contributed by atoms with Crippen molar-refractivity contribution in [2.24, 2.45) is 0 Å². The summed E-state index contributed by atoms with van der Waals surface area (Å²) < 4.78 is 4.08. The van der Waals surface area contributed by atoms with Crippen LogP contribution in [0.25, 0.3) is 33.5 Å². The molecule has 0 aliphatic heterocycles. The average molecular weight is 450 g/mol. The molecule has 3 aromatic carbocycles. The van der Waals surface area contributed by atoms with E-state index in [1.807, 2.05) is 77.3 Å². The molecule has 3 aromatic heterocycles. The van der Waals surface area contributed by atoms with Crippen LogP contribution in [0.5, 0.6) is 0 Å². The number of fused-ring (bicyclic) bond motifs is 5. The van der Waals surface area contributed by atoms with Crippen LogP contribution in [0.2, 0.25) is 5.02 Å². The van der Waals surface area contributed by atoms with Gasteiger partial charge >= 0.3 is 0 Å². The Labute approximate surface area is 195 Å². The number of carbonyl (C=O) groups is 1. The maximum Gasteiger partial charge on any atom is 0.211 e. The van der Waals surface area contributed by atoms with Gasteiger partial charge in [-0.25, -0.2) is 4.98 Å². The molecule has 6 aromatic rings. The normalized spacial score (nSPS) is 11.6. The van der Waals surface area contributed by atoms with Crippen molar-refractivity contribution in [1.82, 2.24) is 13.8 Å². The zero-order valence-electron chi connectivity index (χ0n) is 18.2. The molecule has 33 heavy (non-hydrogen) atoms. The topological polar surface area (TPSA) is 38.8 Å². The quantitative estimate of drug-likeness (QED) is 0.275. The van der Waals surface area contributed by atoms with Gasteiger partial charge in [-0.1, -0.05) is 54.1 Å². The number of aromatic nitrogens is 3. The molecule has 0 radical (unpaired) electrons. The number of nitrogens with zero attached hydrogens (tertiary/aromatic N) is 3. The maximum absolute atomic E-state index is 14.0. The lowest BCUT2D eigenvalue weighted by molar-refractivity contribution is 0.103. The van der Waals surface area contributed by atoms with Crippen LogP contribution in [-0.2, 0) is 0 Å². The van der Waals surface area contributed by atoms with Gasteiger partial charge in [0.05, 0.1) is 22.2 Å². The van der Waals surface area contributed by atoms with Crippen molar-refractivity contribution in [3.8, 4) is 11.3 Å². The third-order valence-corrected chi connectivity index (χ3v) is 6.56. The van der Waals surface area contributed by atoms with Crippen LogP contribution in [0.4, 0.5) is 0 Å². The highest BCUT2D eigenvalue weighted by atomic mass is 35.5. The lowest BCUT2D eigenvalue weighted by atomic mass is 10.0. The Bertz CT molecular complexity index is 1690. The third kappa shape index (κ3) is 2.99. The lowest BCUT2D eigenvalue weighted by Gasteiger charge is -2.16. The van der Waals surface area contributed by atoms with Gasteiger partial charge in [0, 0.05) is 22.3 Å². The molecule has 6 rings (SSSR count). The van der Waals surface area contributed by atoms with Crippen molar-refractivity contribution < 1.29 is 4.79 Å². The predicted molar refractivity (Wildman–Crippen MR) is 133 cm³/mol. The van der Waals surface area contributed by atoms with Crippen LogP contribution in [0.15, 0.2) is 85.1 Å². The summed E-state index contributed by atoms with van der Waals surface area (Å²) in [6, 6.07) is 25.3. The van der Waals surface area contributed by atoms with Gasteiger partial charge in [0.2, 0.25) is 5.78 Å². The predicted octanol–water partition coefficient (Wildman–Crippen LogP) is 6.91. The van der Waals surface area contributed by atoms with Crippen LogP contribution in [0.3, 0.4) is 0 Å². The molecule has 0 fully saturated rings. The minimum Gasteiger partial charge on any atom is -0.308 e. The van der Waals surface area contributed by atoms with Crippen LogP contribution in [-0.4, -0.2) is 19.6 Å². The van der Waals surface area contributed by atoms with Crippen molar-refractivity contribution in [1.29, 1.82) is 0 Å². The Kier molecular flexibility index (Phi) is 4.39. The molecular formula is C28H20ClN3O. The van der Waals surface area contributed by atoms with Crippen LogP contribution < -0.4 is 0 Å². The fraction of sp³-hybridized carbons (Fsp3) is 0.0714. The van der Waals surface area contributed by atoms with Crippen LogP contribution in [0, 0.1) is 13.8 Å². The molecule has 3 heterocycles. The Morgan fingerprint density at radius 2 is 1.58 bits per heavy atom. The molecule has 0 aliphatic rings. The second-order valence-corrected chi connectivity index (χ2v) is 8.80. The summed E-state index contributed by atoms with van der Waals surface area (Å²) in [4.78, 5) is 19.0. The summed E-state index contributed by atoms with van der Waals surface area (Å²) in [7, 11) is 0. The summed E-state index contributed by atoms with van der Waals surface area (Å²) in [5, 5.41) is 0.648. The third-order valence-electron chi connectivity index (χ3n) is 6.31. The van der Waals surface area contributed by atoms with E-state index in [4.69, 9.17) is 16.6 Å². The molecule has 0 saturated carbocycles. The van der Waals surface area contributed by atoms with Crippen molar-refractivity contribution >= 4 is 39.6 Å². The number of carbonyl (C=O) groups excluding carboxylic acids is 1. The lowest BCUT2D eigenvalue weighted by Crippen LogP contribution is -2.13. The molecule has 0 amide bonds. The molecule has 0 spiro atoms. The number of ketones is 1. The smallest absolute Gasteiger partial charge is 0.211 e. The minimum absolute atomic E-state index is 0.0469. The van der Waals surface area contributed by atoms with Crippen molar-refractivity contribution in [3.63, 3.8) is 0 Å². The van der Waals surface area contributed by atoms with Gasteiger partial charge in [0.1, 0.15) is 5.69 Å². The van der Waals surface area contributed by atoms with Crippen molar-refractivity contribution in [2.75, 3.05) is 0 Å². The Hall–Kier alpha value is -3.89. The standard InChI is InChI=1S/C28H20ClN3O/c1-17-15-22-24(16-18(17)2)32-25(19-10-12-21(29)13-11-19)26(27(33)20-7-4-3-5-8-20)31-14-6-9-23(31)28(32)30-22/h3-16H,1-2H3. The molecule has 0 atom stereocenters. The Morgan fingerprint density at radius 3 is 2.33 bits per heavy atom. The van der Waals surface area contributed by atoms with E-state index in [0.717, 1.165) is 33.5 Å². The van der Waals surface area contributed by atoms with Gasteiger partial charge in [-0.3, -0.25) is 9.20 Å². The maximum atomic E-state index is 14.0. The number of hydrogen-bond acceptors (Lipinski definition) is 2. The summed E-state index contributed by atoms with van der Waals surface area (Å²) >= 11 is 6.21. The molecule has 5 heteroatoms. The van der Waals surface area contributed by atoms with E-state index in [-0.39, 0.29) is 5.78 Å². The Morgan fingerprint density at radius 1 is 0.848 bits per heavy atom. The molecule has 4 nitrogen and oxygen atoms in total. The van der Waals surface area contributed by atoms with E-state index < -0.39 is 0 Å². The van der Waals surface area contributed by atoms with Crippen LogP contribution in [0.1, 0.15) is 27.2 Å². The van der Waals surface area contributed by atoms with E-state index in [2.05, 4.69) is 30.4 Å². The van der Waals surface area contributed by atoms with Crippen molar-refractivity contribution in [2.45, 2.75) is 13.8 Å². The highest BCUT2D eigenvalue weighted by Gasteiger charge is 2.25. The molecule has 0 N–H and O–H groups in total. The highest BCUT2D eigenvalue weighted by Crippen LogP contribution is 2.34. The zero-order valence-corrected chi connectivity index (χ0v) is 19.0. The first kappa shape index (κ1) is 19.8. The number of hydrogen-bond donors (Lipinski definition) is 0. The van der Waals surface area contributed by atoms with E-state index in [1.54, 1.807) is 0 Å². The largest absolute Gasteiger partial charge is 0.308 e. The van der Waals surface area contributed by atoms with E-state index in [1.165, 1.54) is 11.1 Å². The second-order valence-electron chi connectivity index (χ2n) is 8.36. The summed E-state index contributed by atoms with van der Waals surface area (Å²) in [6.45, 7) is 4.19. The fourth-order valence-corrected chi connectivity index (χ4v) is 4.65. The summed E-state index contributed by atoms with van der Waals surface area (Å²) in [5.74, 6) is -0.0469. The van der Waals surface area contributed by atoms with Gasteiger partial charge in [-0.05, 0) is 61.4 Å². The monoisotopic (exact) mass is 449 g/mol. The molecule has 0 saturated heterocycles.